The van der Waals surface area contributed by atoms with Crippen LogP contribution < -0.4 is 5.32 Å². The number of nitrogens with one attached hydrogen (secondary N) is 1. The smallest absolute Gasteiger partial charge is 0.150 e. The molecule has 72 valence electrons. The Bertz CT molecular complexity index is 283. The van der Waals surface area contributed by atoms with Crippen molar-refractivity contribution in [1.29, 1.82) is 0 Å². The molecule has 0 bridgehead atoms. The van der Waals surface area contributed by atoms with Gasteiger partial charge in [0.25, 0.3) is 0 Å². The highest BCUT2D eigenvalue weighted by Crippen LogP contribution is 2.22. The Morgan fingerprint density at radius 2 is 1.85 bits per heavy atom. The number of benzene rings is 1. The second-order valence-electron chi connectivity index (χ2n) is 2.39. The van der Waals surface area contributed by atoms with E-state index >= 15 is 0 Å². The quantitative estimate of drug-likeness (QED) is 0.795. The van der Waals surface area contributed by atoms with Crippen molar-refractivity contribution in [3.63, 3.8) is 0 Å². The van der Waals surface area contributed by atoms with Crippen molar-refractivity contribution >= 4 is 17.3 Å². The standard InChI is InChI=1S/C8H8ClF2NO/c9-5-3-6(10)8(7(11)4-5)12-1-2-13/h3-4,12-13H,1-2H2. The minimum atomic E-state index is -0.765. The van der Waals surface area contributed by atoms with Gasteiger partial charge < -0.3 is 10.4 Å². The third-order valence-electron chi connectivity index (χ3n) is 1.42. The summed E-state index contributed by atoms with van der Waals surface area (Å²) in [6.45, 7) is -0.100. The van der Waals surface area contributed by atoms with E-state index < -0.39 is 11.6 Å². The molecule has 0 spiro atoms. The molecule has 0 fully saturated rings. The molecule has 0 amide bonds. The number of aliphatic hydroxyl groups excluding tert-OH is 1. The van der Waals surface area contributed by atoms with E-state index in [1.54, 1.807) is 0 Å². The van der Waals surface area contributed by atoms with E-state index in [1.165, 1.54) is 0 Å². The molecule has 0 aliphatic rings. The lowest BCUT2D eigenvalue weighted by atomic mass is 10.3. The van der Waals surface area contributed by atoms with Gasteiger partial charge in [-0.05, 0) is 12.1 Å². The summed E-state index contributed by atoms with van der Waals surface area (Å²) in [5.41, 5.74) is -0.265. The van der Waals surface area contributed by atoms with Gasteiger partial charge >= 0.3 is 0 Å². The Balaban J connectivity index is 2.92. The lowest BCUT2D eigenvalue weighted by Gasteiger charge is -2.06. The third-order valence-corrected chi connectivity index (χ3v) is 1.64. The molecule has 0 saturated carbocycles. The van der Waals surface area contributed by atoms with Gasteiger partial charge in [0, 0.05) is 11.6 Å². The summed E-state index contributed by atoms with van der Waals surface area (Å²) in [5.74, 6) is -1.53. The van der Waals surface area contributed by atoms with E-state index in [1.807, 2.05) is 0 Å². The Labute approximate surface area is 79.1 Å². The van der Waals surface area contributed by atoms with E-state index in [0.717, 1.165) is 12.1 Å². The van der Waals surface area contributed by atoms with Gasteiger partial charge in [0.2, 0.25) is 0 Å². The van der Waals surface area contributed by atoms with E-state index in [0.29, 0.717) is 0 Å². The maximum Gasteiger partial charge on any atom is 0.150 e. The highest BCUT2D eigenvalue weighted by atomic mass is 35.5. The largest absolute Gasteiger partial charge is 0.395 e. The molecule has 1 rings (SSSR count). The lowest BCUT2D eigenvalue weighted by Crippen LogP contribution is -2.08. The Hall–Kier alpha value is -0.870. The number of hydrogen-bond donors (Lipinski definition) is 2. The SMILES string of the molecule is OCCNc1c(F)cc(Cl)cc1F. The zero-order chi connectivity index (χ0) is 9.84. The van der Waals surface area contributed by atoms with Crippen molar-refractivity contribution in [3.05, 3.63) is 28.8 Å². The van der Waals surface area contributed by atoms with Crippen LogP contribution in [0.4, 0.5) is 14.5 Å². The molecule has 2 nitrogen and oxygen atoms in total. The zero-order valence-corrected chi connectivity index (χ0v) is 7.41. The van der Waals surface area contributed by atoms with Crippen molar-refractivity contribution in [2.24, 2.45) is 0 Å². The van der Waals surface area contributed by atoms with Crippen molar-refractivity contribution in [1.82, 2.24) is 0 Å². The Morgan fingerprint density at radius 1 is 1.31 bits per heavy atom. The van der Waals surface area contributed by atoms with Crippen LogP contribution in [0.1, 0.15) is 0 Å². The average molecular weight is 208 g/mol. The molecular formula is C8H8ClF2NO. The molecule has 1 aromatic carbocycles. The van der Waals surface area contributed by atoms with Crippen molar-refractivity contribution < 1.29 is 13.9 Å². The first-order valence-electron chi connectivity index (χ1n) is 3.64. The molecule has 1 aromatic rings. The van der Waals surface area contributed by atoms with Crippen LogP contribution in [0.3, 0.4) is 0 Å². The Kier molecular flexibility index (Phi) is 3.45. The highest BCUT2D eigenvalue weighted by Gasteiger charge is 2.09. The first-order valence-corrected chi connectivity index (χ1v) is 4.02. The number of rotatable bonds is 3. The van der Waals surface area contributed by atoms with Gasteiger partial charge in [-0.15, -0.1) is 0 Å². The number of hydrogen-bond acceptors (Lipinski definition) is 2. The minimum Gasteiger partial charge on any atom is -0.395 e. The molecular weight excluding hydrogens is 200 g/mol. The fourth-order valence-corrected chi connectivity index (χ4v) is 1.08. The second-order valence-corrected chi connectivity index (χ2v) is 2.83. The molecule has 2 N–H and O–H groups in total. The molecule has 0 aliphatic heterocycles. The van der Waals surface area contributed by atoms with Gasteiger partial charge in [-0.25, -0.2) is 8.78 Å². The van der Waals surface area contributed by atoms with Gasteiger partial charge in [-0.2, -0.15) is 0 Å². The fraction of sp³-hybridized carbons (Fsp3) is 0.250. The molecule has 0 atom stereocenters. The molecule has 5 heteroatoms. The maximum absolute atomic E-state index is 13.0. The number of aliphatic hydroxyl groups is 1. The first kappa shape index (κ1) is 10.2. The minimum absolute atomic E-state index is 0.00421. The Morgan fingerprint density at radius 3 is 2.31 bits per heavy atom. The number of anilines is 1. The van der Waals surface area contributed by atoms with Crippen molar-refractivity contribution in [2.75, 3.05) is 18.5 Å². The summed E-state index contributed by atoms with van der Waals surface area (Å²) in [4.78, 5) is 0. The lowest BCUT2D eigenvalue weighted by molar-refractivity contribution is 0.310. The van der Waals surface area contributed by atoms with Crippen LogP contribution in [-0.2, 0) is 0 Å². The van der Waals surface area contributed by atoms with Crippen LogP contribution in [-0.4, -0.2) is 18.3 Å². The average Bonchev–Trinajstić information content (AvgIpc) is 2.02. The number of halogens is 3. The fourth-order valence-electron chi connectivity index (χ4n) is 0.892. The molecule has 0 heterocycles. The summed E-state index contributed by atoms with van der Waals surface area (Å²) in [6, 6.07) is 2.01. The highest BCUT2D eigenvalue weighted by molar-refractivity contribution is 6.30. The van der Waals surface area contributed by atoms with Crippen LogP contribution in [0.25, 0.3) is 0 Å². The van der Waals surface area contributed by atoms with Crippen molar-refractivity contribution in [3.8, 4) is 0 Å². The summed E-state index contributed by atoms with van der Waals surface area (Å²) in [7, 11) is 0. The van der Waals surface area contributed by atoms with E-state index in [-0.39, 0.29) is 23.9 Å². The van der Waals surface area contributed by atoms with Crippen LogP contribution >= 0.6 is 11.6 Å². The van der Waals surface area contributed by atoms with Gasteiger partial charge in [0.15, 0.2) is 11.6 Å². The summed E-state index contributed by atoms with van der Waals surface area (Å²) < 4.78 is 25.9. The molecule has 0 saturated heterocycles. The molecule has 13 heavy (non-hydrogen) atoms. The molecule has 0 unspecified atom stereocenters. The van der Waals surface area contributed by atoms with Crippen LogP contribution in [0.2, 0.25) is 5.02 Å². The van der Waals surface area contributed by atoms with E-state index in [9.17, 15) is 8.78 Å². The zero-order valence-electron chi connectivity index (χ0n) is 6.65. The predicted octanol–water partition coefficient (Wildman–Crippen LogP) is 2.02. The van der Waals surface area contributed by atoms with E-state index in [2.05, 4.69) is 5.32 Å². The van der Waals surface area contributed by atoms with Crippen LogP contribution in [0.15, 0.2) is 12.1 Å². The maximum atomic E-state index is 13.0. The third kappa shape index (κ3) is 2.54. The summed E-state index contributed by atoms with van der Waals surface area (Å²) in [6.07, 6.45) is 0. The topological polar surface area (TPSA) is 32.3 Å². The van der Waals surface area contributed by atoms with E-state index in [4.69, 9.17) is 16.7 Å². The van der Waals surface area contributed by atoms with Gasteiger partial charge in [-0.3, -0.25) is 0 Å². The predicted molar refractivity (Wildman–Crippen MR) is 46.9 cm³/mol. The molecule has 0 aliphatic carbocycles. The van der Waals surface area contributed by atoms with Gasteiger partial charge in [0.05, 0.1) is 6.61 Å². The summed E-state index contributed by atoms with van der Waals surface area (Å²) >= 11 is 5.40. The monoisotopic (exact) mass is 207 g/mol. The van der Waals surface area contributed by atoms with Gasteiger partial charge in [0.1, 0.15) is 5.69 Å². The summed E-state index contributed by atoms with van der Waals surface area (Å²) in [5, 5.41) is 10.8. The van der Waals surface area contributed by atoms with Gasteiger partial charge in [-0.1, -0.05) is 11.6 Å². The first-order chi connectivity index (χ1) is 6.15. The normalized spacial score (nSPS) is 10.2. The molecule has 0 radical (unpaired) electrons. The molecule has 0 aromatic heterocycles. The second kappa shape index (κ2) is 4.39. The van der Waals surface area contributed by atoms with Crippen molar-refractivity contribution in [2.45, 2.75) is 0 Å². The van der Waals surface area contributed by atoms with Crippen LogP contribution in [0.5, 0.6) is 0 Å². The van der Waals surface area contributed by atoms with Crippen LogP contribution in [0, 0.1) is 11.6 Å².